The molecule has 0 spiro atoms. The van der Waals surface area contributed by atoms with Gasteiger partial charge in [0.05, 0.1) is 102 Å². The topological polar surface area (TPSA) is 15.5 Å². The molecule has 0 saturated carbocycles. The highest BCUT2D eigenvalue weighted by Crippen LogP contribution is 2.52. The first-order valence-electron chi connectivity index (χ1n) is 46.8. The Morgan fingerprint density at radius 2 is 0.508 bits per heavy atom. The number of aromatic nitrogens is 4. The van der Waals surface area contributed by atoms with Crippen LogP contribution in [0.5, 0.6) is 0 Å². The predicted molar refractivity (Wildman–Crippen MR) is 543 cm³/mol. The number of hydrogen-bond donors (Lipinski definition) is 0. The number of nitrogens with zero attached hydrogens (tertiary/aromatic N) is 4. The Hall–Kier alpha value is -8.57. The molecule has 8 aromatic carbocycles. The fourth-order valence-corrected chi connectivity index (χ4v) is 40.4. The molecule has 0 saturated heterocycles. The highest BCUT2D eigenvalue weighted by Gasteiger charge is 2.51. The molecule has 0 N–H and O–H groups in total. The molecule has 4 heterocycles. The molecule has 4 nitrogen and oxygen atoms in total. The molecule has 0 radical (unpaired) electrons. The molecule has 712 valence electrons. The number of benzene rings is 8. The van der Waals surface area contributed by atoms with Gasteiger partial charge in [0.25, 0.3) is 0 Å². The SMILES string of the molecule is CC[Si](CC)(c1ccc2c(-c3cc(CC(F)(F)F)cc(C)c3C)[n+](C)ccc2c1)C(C)(C)C.Cc1cc(CC(F)(F)F)cc(-c2c3ccc([Si](C(C)C)(C(C)C)C(C)C)cc3cc[n+]2C)c1C.Cc1cc(CC(F)(F)F)cc(-c2c3ccc([Si](C)(C(C)(C)C)C(C)(C)C)cc3cc[n+]2C)c1C.Cc1cc(CC(F)(F)F)cc(-c2c3ccc([Si](C)(C)C(C)(C)C)cc3cc[n+]2C)c1C. The molecule has 20 heteroatoms. The summed E-state index contributed by atoms with van der Waals surface area (Å²) < 4.78 is 166. The van der Waals surface area contributed by atoms with Crippen LogP contribution in [0.1, 0.15) is 205 Å². The second-order valence-electron chi connectivity index (χ2n) is 43.8. The Balaban J connectivity index is 0.000000198. The van der Waals surface area contributed by atoms with Crippen LogP contribution in [0.25, 0.3) is 88.1 Å². The van der Waals surface area contributed by atoms with E-state index in [2.05, 4.69) is 255 Å². The van der Waals surface area contributed by atoms with E-state index in [-0.39, 0.29) is 20.2 Å². The zero-order chi connectivity index (χ0) is 99.6. The lowest BCUT2D eigenvalue weighted by molar-refractivity contribution is -0.659. The third-order valence-electron chi connectivity index (χ3n) is 30.8. The Kier molecular flexibility index (Phi) is 31.9. The van der Waals surface area contributed by atoms with Crippen LogP contribution in [-0.4, -0.2) is 57.0 Å². The average molecular weight is 1890 g/mol. The van der Waals surface area contributed by atoms with Crippen LogP contribution >= 0.6 is 0 Å². The Labute approximate surface area is 785 Å². The van der Waals surface area contributed by atoms with E-state index in [0.29, 0.717) is 38.9 Å². The van der Waals surface area contributed by atoms with E-state index in [1.165, 1.54) is 32.8 Å². The summed E-state index contributed by atoms with van der Waals surface area (Å²) in [6.45, 7) is 69.8. The first kappa shape index (κ1) is 107. The summed E-state index contributed by atoms with van der Waals surface area (Å²) in [5.74, 6) is 0. The highest BCUT2D eigenvalue weighted by molar-refractivity contribution is 6.96. The molecule has 0 amide bonds. The number of halogens is 12. The van der Waals surface area contributed by atoms with Gasteiger partial charge in [-0.3, -0.25) is 0 Å². The van der Waals surface area contributed by atoms with Crippen LogP contribution in [-0.2, 0) is 53.9 Å². The highest BCUT2D eigenvalue weighted by atomic mass is 28.3. The largest absolute Gasteiger partial charge is 0.393 e. The number of rotatable bonds is 17. The lowest BCUT2D eigenvalue weighted by Gasteiger charge is -2.50. The van der Waals surface area contributed by atoms with E-state index in [1.54, 1.807) is 48.5 Å². The summed E-state index contributed by atoms with van der Waals surface area (Å²) in [5, 5.41) is 15.4. The molecule has 132 heavy (non-hydrogen) atoms. The van der Waals surface area contributed by atoms with Crippen LogP contribution in [0.4, 0.5) is 52.7 Å². The molecular weight excluding hydrogens is 1740 g/mol. The van der Waals surface area contributed by atoms with Gasteiger partial charge in [0.15, 0.2) is 24.8 Å². The zero-order valence-corrected chi connectivity index (χ0v) is 89.5. The summed E-state index contributed by atoms with van der Waals surface area (Å²) in [6, 6.07) is 51.6. The summed E-state index contributed by atoms with van der Waals surface area (Å²) in [6.07, 6.45) is -12.5. The van der Waals surface area contributed by atoms with Crippen LogP contribution in [0.2, 0.25) is 68.5 Å². The number of aryl methyl sites for hydroxylation is 8. The van der Waals surface area contributed by atoms with Crippen LogP contribution in [0, 0.1) is 55.4 Å². The van der Waals surface area contributed by atoms with Gasteiger partial charge in [0, 0.05) is 24.3 Å². The van der Waals surface area contributed by atoms with Gasteiger partial charge in [-0.25, -0.2) is 18.3 Å². The molecule has 0 bridgehead atoms. The lowest BCUT2D eigenvalue weighted by Crippen LogP contribution is -2.58. The molecule has 0 aliphatic rings. The van der Waals surface area contributed by atoms with Crippen molar-refractivity contribution < 1.29 is 71.0 Å². The summed E-state index contributed by atoms with van der Waals surface area (Å²) >= 11 is 0. The second kappa shape index (κ2) is 39.3. The molecule has 0 aliphatic carbocycles. The van der Waals surface area contributed by atoms with Gasteiger partial charge in [0.1, 0.15) is 28.2 Å². The fourth-order valence-electron chi connectivity index (χ4n) is 21.7. The third-order valence-corrected chi connectivity index (χ3v) is 57.5. The Morgan fingerprint density at radius 3 is 0.735 bits per heavy atom. The first-order chi connectivity index (χ1) is 60.4. The predicted octanol–water partition coefficient (Wildman–Crippen LogP) is 30.2. The molecular formula is C112H148F12N4Si4+4. The van der Waals surface area contributed by atoms with Crippen molar-refractivity contribution in [3.05, 3.63) is 237 Å². The van der Waals surface area contributed by atoms with Gasteiger partial charge < -0.3 is 0 Å². The zero-order valence-electron chi connectivity index (χ0n) is 85.5. The van der Waals surface area contributed by atoms with Crippen molar-refractivity contribution in [2.45, 2.75) is 313 Å². The van der Waals surface area contributed by atoms with Crippen molar-refractivity contribution in [3.8, 4) is 45.0 Å². The number of alkyl halides is 12. The Bertz CT molecular complexity index is 6040. The van der Waals surface area contributed by atoms with E-state index < -0.39 is 82.7 Å². The van der Waals surface area contributed by atoms with Crippen molar-refractivity contribution >= 4 is 96.1 Å². The van der Waals surface area contributed by atoms with Gasteiger partial charge >= 0.3 is 24.7 Å². The minimum Gasteiger partial charge on any atom is -0.200 e. The van der Waals surface area contributed by atoms with E-state index in [9.17, 15) is 52.7 Å². The maximum Gasteiger partial charge on any atom is 0.393 e. The molecule has 0 aliphatic heterocycles. The monoisotopic (exact) mass is 1890 g/mol. The van der Waals surface area contributed by atoms with Gasteiger partial charge in [-0.2, -0.15) is 52.7 Å². The smallest absolute Gasteiger partial charge is 0.200 e. The van der Waals surface area contributed by atoms with Gasteiger partial charge in [-0.15, -0.1) is 0 Å². The van der Waals surface area contributed by atoms with Crippen LogP contribution in [0.3, 0.4) is 0 Å². The van der Waals surface area contributed by atoms with Crippen molar-refractivity contribution in [2.24, 2.45) is 28.2 Å². The minimum absolute atomic E-state index is 0.167. The molecule has 12 aromatic rings. The maximum absolute atomic E-state index is 13.2. The second-order valence-corrected chi connectivity index (χ2v) is 66.5. The summed E-state index contributed by atoms with van der Waals surface area (Å²) in [7, 11) is 0.683. The van der Waals surface area contributed by atoms with Gasteiger partial charge in [0.2, 0.25) is 22.8 Å². The normalized spacial score (nSPS) is 13.2. The Morgan fingerprint density at radius 1 is 0.280 bits per heavy atom. The average Bonchev–Trinajstić information content (AvgIpc) is 0.831. The van der Waals surface area contributed by atoms with E-state index in [4.69, 9.17) is 0 Å². The third kappa shape index (κ3) is 22.6. The molecule has 0 atom stereocenters. The van der Waals surface area contributed by atoms with Crippen molar-refractivity contribution in [2.75, 3.05) is 0 Å². The first-order valence-corrected chi connectivity index (χ1v) is 57.0. The van der Waals surface area contributed by atoms with E-state index in [1.807, 2.05) is 127 Å². The minimum atomic E-state index is -4.23. The molecule has 0 unspecified atom stereocenters. The maximum atomic E-state index is 13.2. The van der Waals surface area contributed by atoms with Crippen LogP contribution < -0.4 is 39.0 Å². The van der Waals surface area contributed by atoms with E-state index in [0.717, 1.165) is 133 Å². The summed E-state index contributed by atoms with van der Waals surface area (Å²) in [5.41, 5.74) is 18.0. The summed E-state index contributed by atoms with van der Waals surface area (Å²) in [4.78, 5) is 0. The van der Waals surface area contributed by atoms with Crippen LogP contribution in [0.15, 0.2) is 170 Å². The lowest BCUT2D eigenvalue weighted by atomic mass is 9.93. The standard InChI is InChI=1S/2C29H39F3NSi.C28H37F3NSi.C26H33F3NSi/c1-19-15-21(18-29(30,31)32)16-25(20(19)2)26-24-12-11-23(17-22(24)13-14-33(26)9)34(10,27(3,4)5)28(6,7)8;1-18(2)34(19(3)4,20(5)6)25-10-11-26-24(16-25)12-13-33(9)28(26)27-15-23(17-29(30,31)32)14-21(7)22(27)8;1-9-33(10-2,27(5,6)7)23-11-12-24-22(17-23)13-14-32(8)26(24)25-16-21(18-28(29,30)31)15-19(3)20(25)4;1-17-13-19(16-26(27,28)29)14-23(18(17)2)24-22-10-9-21(31(7,8)25(3,4)5)15-20(22)11-12-30(24)6/h11-17H,18H2,1-10H3;10-16,18-20H,17H2,1-9H3;11-17H,9-10,18H2,1-8H3;9-15H,16H2,1-8H3/q4*+1. The number of pyridine rings is 4. The quantitative estimate of drug-likeness (QED) is 0.0491. The van der Waals surface area contributed by atoms with Gasteiger partial charge in [-0.05, 0) is 229 Å². The molecule has 4 aromatic heterocycles. The number of fused-ring (bicyclic) bond motifs is 4. The molecule has 12 rings (SSSR count). The number of hydrogen-bond acceptors (Lipinski definition) is 0. The molecule has 0 fully saturated rings. The van der Waals surface area contributed by atoms with E-state index >= 15 is 0 Å². The fraction of sp³-hybridized carbons (Fsp3) is 0.464. The van der Waals surface area contributed by atoms with Crippen molar-refractivity contribution in [1.29, 1.82) is 0 Å². The van der Waals surface area contributed by atoms with Gasteiger partial charge in [-0.1, -0.05) is 264 Å². The van der Waals surface area contributed by atoms with Crippen molar-refractivity contribution in [1.82, 2.24) is 0 Å². The van der Waals surface area contributed by atoms with Crippen molar-refractivity contribution in [3.63, 3.8) is 0 Å².